The number of aromatic nitrogens is 2. The third kappa shape index (κ3) is 5.19. The Hall–Kier alpha value is -1.65. The van der Waals surface area contributed by atoms with E-state index in [9.17, 15) is 9.59 Å². The molecule has 1 atom stereocenters. The molecule has 1 saturated heterocycles. The van der Waals surface area contributed by atoms with E-state index in [4.69, 9.17) is 0 Å². The van der Waals surface area contributed by atoms with E-state index < -0.39 is 0 Å². The van der Waals surface area contributed by atoms with E-state index in [1.165, 1.54) is 49.8 Å². The SMILES string of the molecule is CCCCCCCCCCCN1C(=O)CC(n2ccnc2)C1=O. The van der Waals surface area contributed by atoms with Crippen LogP contribution < -0.4 is 0 Å². The molecule has 1 unspecified atom stereocenters. The van der Waals surface area contributed by atoms with E-state index in [1.54, 1.807) is 23.3 Å². The molecule has 1 fully saturated rings. The predicted molar refractivity (Wildman–Crippen MR) is 89.8 cm³/mol. The quantitative estimate of drug-likeness (QED) is 0.461. The van der Waals surface area contributed by atoms with E-state index in [0.717, 1.165) is 12.8 Å². The Kier molecular flexibility index (Phi) is 7.30. The fourth-order valence-corrected chi connectivity index (χ4v) is 3.17. The van der Waals surface area contributed by atoms with Gasteiger partial charge in [-0.15, -0.1) is 0 Å². The zero-order valence-corrected chi connectivity index (χ0v) is 14.2. The van der Waals surface area contributed by atoms with Gasteiger partial charge in [-0.2, -0.15) is 0 Å². The molecule has 2 heterocycles. The minimum Gasteiger partial charge on any atom is -0.324 e. The first kappa shape index (κ1) is 17.7. The summed E-state index contributed by atoms with van der Waals surface area (Å²) in [6.45, 7) is 2.80. The second kappa shape index (κ2) is 9.48. The van der Waals surface area contributed by atoms with E-state index >= 15 is 0 Å². The van der Waals surface area contributed by atoms with Gasteiger partial charge in [0.05, 0.1) is 12.7 Å². The van der Waals surface area contributed by atoms with Crippen molar-refractivity contribution < 1.29 is 9.59 Å². The second-order valence-corrected chi connectivity index (χ2v) is 6.44. The van der Waals surface area contributed by atoms with Crippen LogP contribution in [0.15, 0.2) is 18.7 Å². The van der Waals surface area contributed by atoms with Gasteiger partial charge in [0.15, 0.2) is 0 Å². The number of nitrogens with zero attached hydrogens (tertiary/aromatic N) is 3. The Labute approximate surface area is 139 Å². The average Bonchev–Trinajstić information content (AvgIpc) is 3.16. The molecule has 23 heavy (non-hydrogen) atoms. The van der Waals surface area contributed by atoms with E-state index in [-0.39, 0.29) is 24.3 Å². The summed E-state index contributed by atoms with van der Waals surface area (Å²) >= 11 is 0. The zero-order valence-electron chi connectivity index (χ0n) is 14.2. The number of hydrogen-bond donors (Lipinski definition) is 0. The molecule has 0 aliphatic carbocycles. The number of amides is 2. The van der Waals surface area contributed by atoms with Crippen LogP contribution in [0.3, 0.4) is 0 Å². The van der Waals surface area contributed by atoms with Gasteiger partial charge in [0.2, 0.25) is 5.91 Å². The Morgan fingerprint density at radius 3 is 2.30 bits per heavy atom. The van der Waals surface area contributed by atoms with Crippen molar-refractivity contribution in [2.45, 2.75) is 77.2 Å². The highest BCUT2D eigenvalue weighted by Gasteiger charge is 2.38. The number of carbonyl (C=O) groups excluding carboxylic acids is 2. The van der Waals surface area contributed by atoms with Crippen molar-refractivity contribution in [2.24, 2.45) is 0 Å². The second-order valence-electron chi connectivity index (χ2n) is 6.44. The fraction of sp³-hybridized carbons (Fsp3) is 0.722. The molecule has 0 N–H and O–H groups in total. The van der Waals surface area contributed by atoms with Gasteiger partial charge in [0, 0.05) is 18.9 Å². The molecule has 2 rings (SSSR count). The fourth-order valence-electron chi connectivity index (χ4n) is 3.17. The summed E-state index contributed by atoms with van der Waals surface area (Å²) in [4.78, 5) is 29.8. The van der Waals surface area contributed by atoms with Gasteiger partial charge < -0.3 is 4.57 Å². The summed E-state index contributed by atoms with van der Waals surface area (Å²) in [5, 5.41) is 0. The van der Waals surface area contributed by atoms with Crippen molar-refractivity contribution in [1.29, 1.82) is 0 Å². The van der Waals surface area contributed by atoms with Gasteiger partial charge in [-0.1, -0.05) is 58.3 Å². The van der Waals surface area contributed by atoms with Crippen molar-refractivity contribution in [3.05, 3.63) is 18.7 Å². The molecule has 0 spiro atoms. The van der Waals surface area contributed by atoms with Crippen LogP contribution in [0.2, 0.25) is 0 Å². The lowest BCUT2D eigenvalue weighted by Crippen LogP contribution is -2.32. The largest absolute Gasteiger partial charge is 0.324 e. The van der Waals surface area contributed by atoms with Gasteiger partial charge in [0.1, 0.15) is 6.04 Å². The average molecular weight is 319 g/mol. The first-order chi connectivity index (χ1) is 11.2. The smallest absolute Gasteiger partial charge is 0.252 e. The summed E-state index contributed by atoms with van der Waals surface area (Å²) in [7, 11) is 0. The van der Waals surface area contributed by atoms with Crippen molar-refractivity contribution >= 4 is 11.8 Å². The minimum atomic E-state index is -0.386. The number of likely N-dealkylation sites (tertiary alicyclic amines) is 1. The summed E-state index contributed by atoms with van der Waals surface area (Å²) < 4.78 is 1.73. The highest BCUT2D eigenvalue weighted by atomic mass is 16.2. The third-order valence-electron chi connectivity index (χ3n) is 4.59. The van der Waals surface area contributed by atoms with Crippen LogP contribution in [0.5, 0.6) is 0 Å². The van der Waals surface area contributed by atoms with Gasteiger partial charge in [-0.05, 0) is 6.42 Å². The molecule has 1 aliphatic heterocycles. The minimum absolute atomic E-state index is 0.0479. The summed E-state index contributed by atoms with van der Waals surface area (Å²) in [5.41, 5.74) is 0. The van der Waals surface area contributed by atoms with E-state index in [2.05, 4.69) is 11.9 Å². The lowest BCUT2D eigenvalue weighted by molar-refractivity contribution is -0.139. The molecule has 0 radical (unpaired) electrons. The van der Waals surface area contributed by atoms with E-state index in [0.29, 0.717) is 6.54 Å². The van der Waals surface area contributed by atoms with Crippen LogP contribution in [-0.2, 0) is 9.59 Å². The molecule has 128 valence electrons. The Balaban J connectivity index is 1.60. The highest BCUT2D eigenvalue weighted by molar-refractivity contribution is 6.04. The molecular formula is C18H29N3O2. The molecule has 0 saturated carbocycles. The molecule has 1 aromatic heterocycles. The van der Waals surface area contributed by atoms with Gasteiger partial charge in [-0.25, -0.2) is 4.98 Å². The van der Waals surface area contributed by atoms with Crippen molar-refractivity contribution in [1.82, 2.24) is 14.5 Å². The van der Waals surface area contributed by atoms with Crippen molar-refractivity contribution in [3.63, 3.8) is 0 Å². The highest BCUT2D eigenvalue weighted by Crippen LogP contribution is 2.24. The maximum Gasteiger partial charge on any atom is 0.252 e. The third-order valence-corrected chi connectivity index (χ3v) is 4.59. The van der Waals surface area contributed by atoms with E-state index in [1.807, 2.05) is 0 Å². The summed E-state index contributed by atoms with van der Waals surface area (Å²) in [5.74, 6) is -0.124. The summed E-state index contributed by atoms with van der Waals surface area (Å²) in [6.07, 6.45) is 16.4. The predicted octanol–water partition coefficient (Wildman–Crippen LogP) is 3.71. The lowest BCUT2D eigenvalue weighted by atomic mass is 10.1. The van der Waals surface area contributed by atoms with Crippen LogP contribution in [0.25, 0.3) is 0 Å². The van der Waals surface area contributed by atoms with Crippen molar-refractivity contribution in [2.75, 3.05) is 6.54 Å². The molecule has 0 bridgehead atoms. The summed E-state index contributed by atoms with van der Waals surface area (Å²) in [6, 6.07) is -0.386. The maximum atomic E-state index is 12.3. The number of rotatable bonds is 11. The molecule has 1 aliphatic rings. The number of unbranched alkanes of at least 4 members (excludes halogenated alkanes) is 8. The normalized spacial score (nSPS) is 18.1. The van der Waals surface area contributed by atoms with Crippen molar-refractivity contribution in [3.8, 4) is 0 Å². The van der Waals surface area contributed by atoms with Crippen LogP contribution >= 0.6 is 0 Å². The lowest BCUT2D eigenvalue weighted by Gasteiger charge is -2.15. The Morgan fingerprint density at radius 2 is 1.70 bits per heavy atom. The first-order valence-corrected chi connectivity index (χ1v) is 9.05. The maximum absolute atomic E-state index is 12.3. The van der Waals surface area contributed by atoms with Gasteiger partial charge in [0.25, 0.3) is 5.91 Å². The van der Waals surface area contributed by atoms with Crippen LogP contribution in [0, 0.1) is 0 Å². The number of hydrogen-bond acceptors (Lipinski definition) is 3. The number of imide groups is 1. The van der Waals surface area contributed by atoms with Crippen LogP contribution in [0.4, 0.5) is 0 Å². The molecule has 2 amide bonds. The number of imidazole rings is 1. The molecule has 5 heteroatoms. The first-order valence-electron chi connectivity index (χ1n) is 9.05. The molecular weight excluding hydrogens is 290 g/mol. The topological polar surface area (TPSA) is 55.2 Å². The standard InChI is InChI=1S/C18H29N3O2/c1-2-3-4-5-6-7-8-9-10-12-21-17(22)14-16(18(21)23)20-13-11-19-15-20/h11,13,15-16H,2-10,12,14H2,1H3. The van der Waals surface area contributed by atoms with Crippen LogP contribution in [-0.4, -0.2) is 32.8 Å². The van der Waals surface area contributed by atoms with Gasteiger partial charge >= 0.3 is 0 Å². The zero-order chi connectivity index (χ0) is 16.5. The Morgan fingerprint density at radius 1 is 1.04 bits per heavy atom. The molecule has 5 nitrogen and oxygen atoms in total. The number of carbonyl (C=O) groups is 2. The Bertz CT molecular complexity index is 484. The monoisotopic (exact) mass is 319 g/mol. The van der Waals surface area contributed by atoms with Gasteiger partial charge in [-0.3, -0.25) is 14.5 Å². The molecule has 1 aromatic rings. The molecule has 0 aromatic carbocycles. The van der Waals surface area contributed by atoms with Crippen LogP contribution in [0.1, 0.15) is 77.2 Å².